The van der Waals surface area contributed by atoms with Gasteiger partial charge in [0.05, 0.1) is 0 Å². The molecule has 0 spiro atoms. The highest BCUT2D eigenvalue weighted by Crippen LogP contribution is 2.33. The monoisotopic (exact) mass is 495 g/mol. The van der Waals surface area contributed by atoms with Gasteiger partial charge in [-0.05, 0) is 64.7 Å². The van der Waals surface area contributed by atoms with Gasteiger partial charge in [-0.15, -0.1) is 0 Å². The highest BCUT2D eigenvalue weighted by molar-refractivity contribution is 6.30. The van der Waals surface area contributed by atoms with Crippen molar-refractivity contribution in [3.63, 3.8) is 0 Å². The zero-order valence-electron chi connectivity index (χ0n) is 19.9. The summed E-state index contributed by atoms with van der Waals surface area (Å²) >= 11 is 6.15. The van der Waals surface area contributed by atoms with Crippen molar-refractivity contribution in [2.75, 3.05) is 0 Å². The van der Waals surface area contributed by atoms with E-state index in [1.54, 1.807) is 0 Å². The number of nitrogens with zero attached hydrogens (tertiary/aromatic N) is 3. The summed E-state index contributed by atoms with van der Waals surface area (Å²) in [6.07, 6.45) is 0. The minimum Gasteiger partial charge on any atom is -0.208 e. The minimum absolute atomic E-state index is 0.604. The Balaban J connectivity index is 1.58. The van der Waals surface area contributed by atoms with Crippen LogP contribution in [0.15, 0.2) is 133 Å². The second kappa shape index (κ2) is 10.2. The van der Waals surface area contributed by atoms with Crippen LogP contribution in [-0.2, 0) is 0 Å². The minimum atomic E-state index is 0.604. The molecular weight excluding hydrogens is 474 g/mol. The summed E-state index contributed by atoms with van der Waals surface area (Å²) in [6.45, 7) is 0. The predicted octanol–water partition coefficient (Wildman–Crippen LogP) is 8.86. The van der Waals surface area contributed by atoms with Gasteiger partial charge in [-0.25, -0.2) is 15.0 Å². The molecule has 0 unspecified atom stereocenters. The van der Waals surface area contributed by atoms with Crippen molar-refractivity contribution in [1.82, 2.24) is 15.0 Å². The van der Waals surface area contributed by atoms with Crippen molar-refractivity contribution < 1.29 is 0 Å². The lowest BCUT2D eigenvalue weighted by atomic mass is 9.96. The maximum absolute atomic E-state index is 6.15. The van der Waals surface area contributed by atoms with Crippen molar-refractivity contribution in [3.8, 4) is 56.4 Å². The molecule has 0 saturated carbocycles. The van der Waals surface area contributed by atoms with Crippen LogP contribution in [0.1, 0.15) is 0 Å². The number of aromatic nitrogens is 3. The molecule has 176 valence electrons. The Bertz CT molecular complexity index is 1590. The zero-order valence-corrected chi connectivity index (χ0v) is 20.7. The molecule has 0 radical (unpaired) electrons. The lowest BCUT2D eigenvalue weighted by Gasteiger charge is -2.12. The van der Waals surface area contributed by atoms with E-state index in [9.17, 15) is 0 Å². The second-order valence-corrected chi connectivity index (χ2v) is 9.15. The molecule has 0 N–H and O–H groups in total. The molecule has 0 aliphatic rings. The number of halogens is 1. The summed E-state index contributed by atoms with van der Waals surface area (Å²) in [7, 11) is 0. The predicted molar refractivity (Wildman–Crippen MR) is 152 cm³/mol. The van der Waals surface area contributed by atoms with E-state index >= 15 is 0 Å². The molecule has 6 rings (SSSR count). The summed E-state index contributed by atoms with van der Waals surface area (Å²) in [5, 5.41) is 0.671. The van der Waals surface area contributed by atoms with Crippen LogP contribution < -0.4 is 0 Å². The first kappa shape index (κ1) is 22.8. The Kier molecular flexibility index (Phi) is 6.28. The van der Waals surface area contributed by atoms with E-state index in [4.69, 9.17) is 26.6 Å². The van der Waals surface area contributed by atoms with E-state index in [0.717, 1.165) is 38.9 Å². The quantitative estimate of drug-likeness (QED) is 0.240. The molecule has 0 saturated heterocycles. The fourth-order valence-corrected chi connectivity index (χ4v) is 4.43. The van der Waals surface area contributed by atoms with Gasteiger partial charge in [0.15, 0.2) is 17.5 Å². The van der Waals surface area contributed by atoms with E-state index in [0.29, 0.717) is 22.5 Å². The van der Waals surface area contributed by atoms with Gasteiger partial charge in [0.25, 0.3) is 0 Å². The molecule has 0 aliphatic heterocycles. The summed E-state index contributed by atoms with van der Waals surface area (Å²) in [5.41, 5.74) is 7.22. The molecule has 4 heteroatoms. The van der Waals surface area contributed by atoms with Crippen LogP contribution in [-0.4, -0.2) is 15.0 Å². The van der Waals surface area contributed by atoms with Crippen LogP contribution in [0.4, 0.5) is 0 Å². The van der Waals surface area contributed by atoms with Crippen LogP contribution in [0.5, 0.6) is 0 Å². The Morgan fingerprint density at radius 2 is 0.676 bits per heavy atom. The summed E-state index contributed by atoms with van der Waals surface area (Å²) in [5.74, 6) is 1.85. The van der Waals surface area contributed by atoms with Gasteiger partial charge in [0.1, 0.15) is 0 Å². The third kappa shape index (κ3) is 5.04. The smallest absolute Gasteiger partial charge is 0.164 e. The largest absolute Gasteiger partial charge is 0.208 e. The molecular formula is C33H22ClN3. The number of hydrogen-bond donors (Lipinski definition) is 0. The van der Waals surface area contributed by atoms with Gasteiger partial charge < -0.3 is 0 Å². The van der Waals surface area contributed by atoms with Crippen molar-refractivity contribution in [3.05, 3.63) is 138 Å². The van der Waals surface area contributed by atoms with E-state index < -0.39 is 0 Å². The molecule has 0 amide bonds. The Morgan fingerprint density at radius 3 is 1.14 bits per heavy atom. The molecule has 1 heterocycles. The lowest BCUT2D eigenvalue weighted by Crippen LogP contribution is -2.00. The molecule has 37 heavy (non-hydrogen) atoms. The Morgan fingerprint density at radius 1 is 0.324 bits per heavy atom. The summed E-state index contributed by atoms with van der Waals surface area (Å²) in [6, 6.07) is 44.9. The van der Waals surface area contributed by atoms with Crippen LogP contribution in [0.2, 0.25) is 5.02 Å². The molecule has 5 aromatic carbocycles. The first-order valence-electron chi connectivity index (χ1n) is 12.1. The molecule has 0 fully saturated rings. The van der Waals surface area contributed by atoms with E-state index in [1.807, 2.05) is 66.7 Å². The standard InChI is InChI=1S/C33H22ClN3/c34-30-18-16-26(17-19-30)32-35-31(25-14-8-3-9-15-25)36-33(37-32)29-21-27(23-10-4-1-5-11-23)20-28(22-29)24-12-6-2-7-13-24/h1-22H. The first-order chi connectivity index (χ1) is 18.2. The maximum Gasteiger partial charge on any atom is 0.164 e. The van der Waals surface area contributed by atoms with Crippen molar-refractivity contribution in [2.24, 2.45) is 0 Å². The van der Waals surface area contributed by atoms with E-state index in [-0.39, 0.29) is 0 Å². The average Bonchev–Trinajstić information content (AvgIpc) is 2.98. The lowest BCUT2D eigenvalue weighted by molar-refractivity contribution is 1.07. The van der Waals surface area contributed by atoms with Crippen LogP contribution in [0, 0.1) is 0 Å². The SMILES string of the molecule is Clc1ccc(-c2nc(-c3ccccc3)nc(-c3cc(-c4ccccc4)cc(-c4ccccc4)c3)n2)cc1. The van der Waals surface area contributed by atoms with Gasteiger partial charge in [-0.2, -0.15) is 0 Å². The maximum atomic E-state index is 6.15. The van der Waals surface area contributed by atoms with Crippen LogP contribution >= 0.6 is 11.6 Å². The fourth-order valence-electron chi connectivity index (χ4n) is 4.30. The number of hydrogen-bond acceptors (Lipinski definition) is 3. The zero-order chi connectivity index (χ0) is 25.0. The fraction of sp³-hybridized carbons (Fsp3) is 0. The molecule has 0 aliphatic carbocycles. The topological polar surface area (TPSA) is 38.7 Å². The van der Waals surface area contributed by atoms with Crippen LogP contribution in [0.25, 0.3) is 56.4 Å². The van der Waals surface area contributed by atoms with Crippen LogP contribution in [0.3, 0.4) is 0 Å². The number of rotatable bonds is 5. The Labute approximate surface area is 221 Å². The third-order valence-electron chi connectivity index (χ3n) is 6.18. The highest BCUT2D eigenvalue weighted by atomic mass is 35.5. The second-order valence-electron chi connectivity index (χ2n) is 8.71. The molecule has 1 aromatic heterocycles. The average molecular weight is 496 g/mol. The molecule has 6 aromatic rings. The van der Waals surface area contributed by atoms with E-state index in [2.05, 4.69) is 66.7 Å². The van der Waals surface area contributed by atoms with Crippen molar-refractivity contribution in [1.29, 1.82) is 0 Å². The van der Waals surface area contributed by atoms with Gasteiger partial charge in [0, 0.05) is 21.7 Å². The summed E-state index contributed by atoms with van der Waals surface area (Å²) < 4.78 is 0. The van der Waals surface area contributed by atoms with Gasteiger partial charge >= 0.3 is 0 Å². The number of benzene rings is 5. The van der Waals surface area contributed by atoms with Gasteiger partial charge in [0.2, 0.25) is 0 Å². The molecule has 0 atom stereocenters. The van der Waals surface area contributed by atoms with Gasteiger partial charge in [-0.1, -0.05) is 103 Å². The van der Waals surface area contributed by atoms with Crippen molar-refractivity contribution in [2.45, 2.75) is 0 Å². The molecule has 3 nitrogen and oxygen atoms in total. The Hall–Kier alpha value is -4.60. The van der Waals surface area contributed by atoms with E-state index in [1.165, 1.54) is 0 Å². The van der Waals surface area contributed by atoms with Crippen molar-refractivity contribution >= 4 is 11.6 Å². The highest BCUT2D eigenvalue weighted by Gasteiger charge is 2.14. The van der Waals surface area contributed by atoms with Gasteiger partial charge in [-0.3, -0.25) is 0 Å². The normalized spacial score (nSPS) is 10.8. The molecule has 0 bridgehead atoms. The first-order valence-corrected chi connectivity index (χ1v) is 12.4. The third-order valence-corrected chi connectivity index (χ3v) is 6.43. The summed E-state index contributed by atoms with van der Waals surface area (Å²) in [4.78, 5) is 14.7.